The van der Waals surface area contributed by atoms with Crippen LogP contribution in [0.3, 0.4) is 0 Å². The van der Waals surface area contributed by atoms with Crippen molar-refractivity contribution in [3.8, 4) is 0 Å². The first-order valence-corrected chi connectivity index (χ1v) is 25.0. The van der Waals surface area contributed by atoms with Gasteiger partial charge in [0, 0.05) is 37.5 Å². The third-order valence-corrected chi connectivity index (χ3v) is 13.2. The van der Waals surface area contributed by atoms with Gasteiger partial charge in [-0.15, -0.1) is 0 Å². The summed E-state index contributed by atoms with van der Waals surface area (Å²) in [4.78, 5) is 12.6. The Kier molecular flexibility index (Phi) is 43.0. The summed E-state index contributed by atoms with van der Waals surface area (Å²) < 4.78 is 42.9. The minimum Gasteiger partial charge on any atom is -0.379 e. The van der Waals surface area contributed by atoms with Crippen molar-refractivity contribution in [2.24, 2.45) is 0 Å². The summed E-state index contributed by atoms with van der Waals surface area (Å²) >= 11 is 1.45. The van der Waals surface area contributed by atoms with Gasteiger partial charge in [0.2, 0.25) is 0 Å². The van der Waals surface area contributed by atoms with Crippen LogP contribution in [0.1, 0.15) is 169 Å². The molecule has 0 bridgehead atoms. The molecule has 0 saturated heterocycles. The number of hydrogen-bond acceptors (Lipinski definition) is 10. The fraction of sp³-hybridized carbons (Fsp3) is 0.976. The van der Waals surface area contributed by atoms with Crippen LogP contribution in [0.5, 0.6) is 0 Å². The highest BCUT2D eigenvalue weighted by atomic mass is 32.2. The fourth-order valence-corrected chi connectivity index (χ4v) is 9.42. The molecule has 1 unspecified atom stereocenters. The molecular formula is C42H87NO8SSi. The molecule has 0 aromatic carbocycles. The van der Waals surface area contributed by atoms with E-state index >= 15 is 0 Å². The van der Waals surface area contributed by atoms with E-state index < -0.39 is 8.80 Å². The van der Waals surface area contributed by atoms with Crippen molar-refractivity contribution >= 4 is 25.7 Å². The molecule has 11 heteroatoms. The van der Waals surface area contributed by atoms with Crippen LogP contribution in [0, 0.1) is 0 Å². The Morgan fingerprint density at radius 3 is 1.43 bits per heavy atom. The molecule has 0 amide bonds. The van der Waals surface area contributed by atoms with E-state index in [1.54, 1.807) is 0 Å². The van der Waals surface area contributed by atoms with Crippen molar-refractivity contribution in [3.63, 3.8) is 0 Å². The van der Waals surface area contributed by atoms with Crippen molar-refractivity contribution in [2.45, 2.75) is 181 Å². The lowest BCUT2D eigenvalue weighted by Crippen LogP contribution is -2.50. The maximum Gasteiger partial charge on any atom is 0.501 e. The van der Waals surface area contributed by atoms with Crippen LogP contribution in [0.2, 0.25) is 6.04 Å². The molecule has 53 heavy (non-hydrogen) atoms. The highest BCUT2D eigenvalue weighted by Gasteiger charge is 2.41. The molecule has 0 aliphatic carbocycles. The van der Waals surface area contributed by atoms with E-state index in [-0.39, 0.29) is 11.2 Å². The minimum atomic E-state index is -3.13. The summed E-state index contributed by atoms with van der Waals surface area (Å²) in [5.41, 5.74) is 0. The summed E-state index contributed by atoms with van der Waals surface area (Å²) in [5.74, 6) is 0.740. The molecule has 0 spiro atoms. The quantitative estimate of drug-likeness (QED) is 0.0474. The molecule has 0 saturated carbocycles. The molecule has 0 aliphatic rings. The number of likely N-dealkylation sites (N-methyl/N-ethyl adjacent to an activating group) is 1. The van der Waals surface area contributed by atoms with Gasteiger partial charge in [0.15, 0.2) is 5.12 Å². The molecule has 0 fully saturated rings. The molecule has 0 aromatic rings. The lowest BCUT2D eigenvalue weighted by Gasteiger charge is -2.31. The van der Waals surface area contributed by atoms with Crippen molar-refractivity contribution < 1.29 is 37.0 Å². The van der Waals surface area contributed by atoms with Crippen LogP contribution in [-0.4, -0.2) is 105 Å². The van der Waals surface area contributed by atoms with Gasteiger partial charge in [-0.3, -0.25) is 4.79 Å². The van der Waals surface area contributed by atoms with E-state index in [9.17, 15) is 4.79 Å². The van der Waals surface area contributed by atoms with Gasteiger partial charge in [-0.25, -0.2) is 0 Å². The van der Waals surface area contributed by atoms with E-state index in [0.717, 1.165) is 70.3 Å². The van der Waals surface area contributed by atoms with Gasteiger partial charge in [0.05, 0.1) is 59.5 Å². The van der Waals surface area contributed by atoms with Crippen LogP contribution in [0.4, 0.5) is 0 Å². The first-order valence-electron chi connectivity index (χ1n) is 22.1. The maximum absolute atomic E-state index is 12.6. The summed E-state index contributed by atoms with van der Waals surface area (Å²) in [7, 11) is -1.11. The largest absolute Gasteiger partial charge is 0.501 e. The first-order chi connectivity index (χ1) is 26.1. The molecule has 0 rings (SSSR count). The highest BCUT2D eigenvalue weighted by molar-refractivity contribution is 8.13. The first kappa shape index (κ1) is 52.9. The molecule has 1 N–H and O–H groups in total. The smallest absolute Gasteiger partial charge is 0.379 e. The zero-order valence-electron chi connectivity index (χ0n) is 35.5. The van der Waals surface area contributed by atoms with Crippen LogP contribution < -0.4 is 5.32 Å². The number of carbonyl (C=O) groups is 1. The molecule has 0 radical (unpaired) electrons. The van der Waals surface area contributed by atoms with Crippen molar-refractivity contribution in [2.75, 3.05) is 85.5 Å². The van der Waals surface area contributed by atoms with Crippen LogP contribution in [0.25, 0.3) is 0 Å². The van der Waals surface area contributed by atoms with Crippen molar-refractivity contribution in [3.05, 3.63) is 0 Å². The molecule has 0 aliphatic heterocycles. The van der Waals surface area contributed by atoms with E-state index in [2.05, 4.69) is 33.0 Å². The lowest BCUT2D eigenvalue weighted by molar-refractivity contribution is -0.111. The van der Waals surface area contributed by atoms with Gasteiger partial charge in [0.25, 0.3) is 0 Å². The number of unbranched alkanes of at least 4 members (excludes halogenated alkanes) is 15. The Morgan fingerprint density at radius 1 is 0.509 bits per heavy atom. The van der Waals surface area contributed by atoms with Gasteiger partial charge in [-0.05, 0) is 39.2 Å². The summed E-state index contributed by atoms with van der Waals surface area (Å²) in [6, 6.07) is 0.874. The van der Waals surface area contributed by atoms with Crippen LogP contribution >= 0.6 is 11.8 Å². The van der Waals surface area contributed by atoms with E-state index in [0.29, 0.717) is 71.9 Å². The second-order valence-electron chi connectivity index (χ2n) is 14.3. The Hall–Kier alpha value is -0.0831. The number of hydrogen-bond donors (Lipinski definition) is 1. The SMILES string of the molecule is CCCCCCCCCCCCC(CO[Si](CCCSC(=O)CCCCCCC)(OCCOCCOCCCC)OCCOCCOCCCC)NC. The number of ether oxygens (including phenoxy) is 4. The second-order valence-corrected chi connectivity index (χ2v) is 18.2. The summed E-state index contributed by atoms with van der Waals surface area (Å²) in [5, 5.41) is 3.77. The highest BCUT2D eigenvalue weighted by Crippen LogP contribution is 2.23. The standard InChI is InChI=1S/C42H87NO8SSi/c1-6-10-14-16-17-18-19-20-22-23-26-41(43-5)40-51-53(49-36-34-47-32-30-45-28-12-8-3,50-37-35-48-33-31-46-29-13-9-4)39-25-38-52-42(44)27-24-21-15-11-7-2/h41,43H,6-40H2,1-5H3. The van der Waals surface area contributed by atoms with E-state index in [4.69, 9.17) is 32.2 Å². The summed E-state index contributed by atoms with van der Waals surface area (Å²) in [6.07, 6.45) is 25.9. The van der Waals surface area contributed by atoms with Crippen LogP contribution in [0.15, 0.2) is 0 Å². The number of thioether (sulfide) groups is 1. The zero-order chi connectivity index (χ0) is 38.8. The van der Waals surface area contributed by atoms with Gasteiger partial charge < -0.3 is 37.5 Å². The Balaban J connectivity index is 5.21. The predicted molar refractivity (Wildman–Crippen MR) is 226 cm³/mol. The summed E-state index contributed by atoms with van der Waals surface area (Å²) in [6.45, 7) is 14.8. The zero-order valence-corrected chi connectivity index (χ0v) is 37.3. The van der Waals surface area contributed by atoms with E-state index in [1.807, 2.05) is 7.05 Å². The van der Waals surface area contributed by atoms with Gasteiger partial charge in [-0.1, -0.05) is 142 Å². The molecule has 318 valence electrons. The molecule has 1 atom stereocenters. The molecular weight excluding hydrogens is 707 g/mol. The second kappa shape index (κ2) is 43.0. The van der Waals surface area contributed by atoms with Gasteiger partial charge >= 0.3 is 8.80 Å². The predicted octanol–water partition coefficient (Wildman–Crippen LogP) is 10.6. The third kappa shape index (κ3) is 37.3. The van der Waals surface area contributed by atoms with Gasteiger partial charge in [-0.2, -0.15) is 0 Å². The number of rotatable bonds is 45. The topological polar surface area (TPSA) is 93.7 Å². The van der Waals surface area contributed by atoms with Crippen LogP contribution in [-0.2, 0) is 37.0 Å². The minimum absolute atomic E-state index is 0.222. The van der Waals surface area contributed by atoms with Crippen molar-refractivity contribution in [1.29, 1.82) is 0 Å². The maximum atomic E-state index is 12.6. The third-order valence-electron chi connectivity index (χ3n) is 9.32. The number of carbonyl (C=O) groups excluding carboxylic acids is 1. The monoisotopic (exact) mass is 794 g/mol. The van der Waals surface area contributed by atoms with Crippen molar-refractivity contribution in [1.82, 2.24) is 5.32 Å². The normalized spacial score (nSPS) is 12.5. The Morgan fingerprint density at radius 2 is 0.943 bits per heavy atom. The molecule has 0 heterocycles. The average Bonchev–Trinajstić information content (AvgIpc) is 3.17. The lowest BCUT2D eigenvalue weighted by atomic mass is 10.0. The Bertz CT molecular complexity index is 719. The van der Waals surface area contributed by atoms with Gasteiger partial charge in [0.1, 0.15) is 0 Å². The number of nitrogens with one attached hydrogen (secondary N) is 1. The molecule has 0 aromatic heterocycles. The fourth-order valence-electron chi connectivity index (χ4n) is 5.83. The average molecular weight is 794 g/mol. The molecule has 9 nitrogen and oxygen atoms in total. The Labute approximate surface area is 333 Å². The van der Waals surface area contributed by atoms with E-state index in [1.165, 1.54) is 95.2 Å².